The number of hydrogen-bond acceptors (Lipinski definition) is 3. The topological polar surface area (TPSA) is 47.6 Å². The first-order chi connectivity index (χ1) is 12.2. The predicted octanol–water partition coefficient (Wildman–Crippen LogP) is 4.59. The second kappa shape index (κ2) is 8.56. The zero-order valence-corrected chi connectivity index (χ0v) is 14.7. The van der Waals surface area contributed by atoms with Crippen LogP contribution in [0, 0.1) is 0 Å². The third kappa shape index (κ3) is 5.24. The molecule has 1 aliphatic rings. The van der Waals surface area contributed by atoms with Crippen LogP contribution in [0.15, 0.2) is 48.5 Å². The number of rotatable bonds is 7. The van der Waals surface area contributed by atoms with E-state index in [9.17, 15) is 4.79 Å². The summed E-state index contributed by atoms with van der Waals surface area (Å²) in [7, 11) is 0. The number of aryl methyl sites for hydroxylation is 1. The molecule has 1 N–H and O–H groups in total. The van der Waals surface area contributed by atoms with Gasteiger partial charge in [0, 0.05) is 5.69 Å². The van der Waals surface area contributed by atoms with Gasteiger partial charge in [0.15, 0.2) is 6.61 Å². The highest BCUT2D eigenvalue weighted by Crippen LogP contribution is 2.25. The largest absolute Gasteiger partial charge is 0.490 e. The van der Waals surface area contributed by atoms with Gasteiger partial charge in [-0.3, -0.25) is 4.79 Å². The molecule has 0 aliphatic heterocycles. The molecular weight excluding hydrogens is 314 g/mol. The number of benzene rings is 2. The highest BCUT2D eigenvalue weighted by atomic mass is 16.5. The Labute approximate surface area is 149 Å². The summed E-state index contributed by atoms with van der Waals surface area (Å²) in [5.41, 5.74) is 1.99. The minimum atomic E-state index is -0.177. The van der Waals surface area contributed by atoms with E-state index in [-0.39, 0.29) is 12.5 Å². The molecule has 25 heavy (non-hydrogen) atoms. The van der Waals surface area contributed by atoms with Crippen LogP contribution in [0.4, 0.5) is 5.69 Å². The molecule has 2 aromatic carbocycles. The van der Waals surface area contributed by atoms with Crippen LogP contribution >= 0.6 is 0 Å². The van der Waals surface area contributed by atoms with Gasteiger partial charge in [-0.15, -0.1) is 0 Å². The van der Waals surface area contributed by atoms with Gasteiger partial charge < -0.3 is 14.8 Å². The van der Waals surface area contributed by atoms with Crippen molar-refractivity contribution in [2.45, 2.75) is 45.1 Å². The van der Waals surface area contributed by atoms with Crippen molar-refractivity contribution < 1.29 is 14.3 Å². The highest BCUT2D eigenvalue weighted by Gasteiger charge is 2.16. The summed E-state index contributed by atoms with van der Waals surface area (Å²) < 4.78 is 11.4. The Kier molecular flexibility index (Phi) is 5.94. The lowest BCUT2D eigenvalue weighted by atomic mass is 10.2. The van der Waals surface area contributed by atoms with E-state index in [4.69, 9.17) is 9.47 Å². The number of nitrogens with one attached hydrogen (secondary N) is 1. The Balaban J connectivity index is 1.45. The average molecular weight is 339 g/mol. The molecule has 1 aliphatic carbocycles. The molecule has 4 nitrogen and oxygen atoms in total. The summed E-state index contributed by atoms with van der Waals surface area (Å²) in [6, 6.07) is 15.3. The quantitative estimate of drug-likeness (QED) is 0.803. The molecule has 0 saturated heterocycles. The van der Waals surface area contributed by atoms with Gasteiger partial charge in [0.2, 0.25) is 0 Å². The van der Waals surface area contributed by atoms with Crippen LogP contribution < -0.4 is 14.8 Å². The van der Waals surface area contributed by atoms with E-state index in [2.05, 4.69) is 12.2 Å². The maximum Gasteiger partial charge on any atom is 0.262 e. The van der Waals surface area contributed by atoms with Crippen molar-refractivity contribution in [1.82, 2.24) is 0 Å². The first-order valence-corrected chi connectivity index (χ1v) is 9.01. The summed E-state index contributed by atoms with van der Waals surface area (Å²) in [5, 5.41) is 2.84. The van der Waals surface area contributed by atoms with Crippen molar-refractivity contribution >= 4 is 11.6 Å². The molecule has 0 aromatic heterocycles. The lowest BCUT2D eigenvalue weighted by Crippen LogP contribution is -2.20. The zero-order chi connectivity index (χ0) is 17.5. The van der Waals surface area contributed by atoms with E-state index < -0.39 is 0 Å². The number of carbonyl (C=O) groups is 1. The van der Waals surface area contributed by atoms with Crippen LogP contribution in [0.5, 0.6) is 11.5 Å². The van der Waals surface area contributed by atoms with E-state index >= 15 is 0 Å². The van der Waals surface area contributed by atoms with Crippen molar-refractivity contribution in [1.29, 1.82) is 0 Å². The van der Waals surface area contributed by atoms with E-state index in [1.165, 1.54) is 18.4 Å². The van der Waals surface area contributed by atoms with Crippen LogP contribution in [-0.4, -0.2) is 18.6 Å². The number of ether oxygens (including phenoxy) is 2. The first kappa shape index (κ1) is 17.3. The molecule has 0 spiro atoms. The van der Waals surface area contributed by atoms with Crippen molar-refractivity contribution in [2.24, 2.45) is 0 Å². The van der Waals surface area contributed by atoms with Crippen molar-refractivity contribution in [3.63, 3.8) is 0 Å². The van der Waals surface area contributed by atoms with Gasteiger partial charge in [0.1, 0.15) is 11.5 Å². The second-order valence-corrected chi connectivity index (χ2v) is 6.38. The zero-order valence-electron chi connectivity index (χ0n) is 14.7. The Morgan fingerprint density at radius 2 is 1.64 bits per heavy atom. The van der Waals surface area contributed by atoms with E-state index in [0.717, 1.165) is 30.7 Å². The summed E-state index contributed by atoms with van der Waals surface area (Å²) >= 11 is 0. The Morgan fingerprint density at radius 1 is 1.00 bits per heavy atom. The van der Waals surface area contributed by atoms with Gasteiger partial charge in [-0.2, -0.15) is 0 Å². The van der Waals surface area contributed by atoms with Crippen LogP contribution in [0.2, 0.25) is 0 Å². The molecule has 3 rings (SSSR count). The van der Waals surface area contributed by atoms with E-state index in [1.54, 1.807) is 0 Å². The molecule has 0 bridgehead atoms. The van der Waals surface area contributed by atoms with Crippen LogP contribution in [0.1, 0.15) is 38.2 Å². The lowest BCUT2D eigenvalue weighted by molar-refractivity contribution is -0.118. The molecule has 0 radical (unpaired) electrons. The van der Waals surface area contributed by atoms with Crippen LogP contribution in [0.3, 0.4) is 0 Å². The molecule has 1 saturated carbocycles. The molecule has 1 amide bonds. The number of anilines is 1. The minimum absolute atomic E-state index is 0.00814. The number of amides is 1. The predicted molar refractivity (Wildman–Crippen MR) is 99.3 cm³/mol. The monoisotopic (exact) mass is 339 g/mol. The summed E-state index contributed by atoms with van der Waals surface area (Å²) in [5.74, 6) is 1.38. The van der Waals surface area contributed by atoms with Gasteiger partial charge in [-0.25, -0.2) is 0 Å². The van der Waals surface area contributed by atoms with Gasteiger partial charge in [-0.1, -0.05) is 19.1 Å². The molecule has 0 heterocycles. The van der Waals surface area contributed by atoms with Gasteiger partial charge >= 0.3 is 0 Å². The molecule has 2 aromatic rings. The first-order valence-electron chi connectivity index (χ1n) is 9.01. The fourth-order valence-corrected chi connectivity index (χ4v) is 2.98. The number of hydrogen-bond donors (Lipinski definition) is 1. The molecule has 132 valence electrons. The van der Waals surface area contributed by atoms with Crippen molar-refractivity contribution in [3.8, 4) is 11.5 Å². The van der Waals surface area contributed by atoms with Gasteiger partial charge in [-0.05, 0) is 74.1 Å². The number of carbonyl (C=O) groups excluding carboxylic acids is 1. The van der Waals surface area contributed by atoms with E-state index in [0.29, 0.717) is 11.9 Å². The third-order valence-electron chi connectivity index (χ3n) is 4.44. The highest BCUT2D eigenvalue weighted by molar-refractivity contribution is 5.91. The summed E-state index contributed by atoms with van der Waals surface area (Å²) in [6.45, 7) is 2.10. The van der Waals surface area contributed by atoms with Crippen molar-refractivity contribution in [3.05, 3.63) is 54.1 Å². The average Bonchev–Trinajstić information content (AvgIpc) is 3.15. The SMILES string of the molecule is CCc1ccc(OCC(=O)Nc2ccc(OC3CCCC3)cc2)cc1. The fraction of sp³-hybridized carbons (Fsp3) is 0.381. The van der Waals surface area contributed by atoms with E-state index in [1.807, 2.05) is 48.5 Å². The van der Waals surface area contributed by atoms with Gasteiger partial charge in [0.05, 0.1) is 6.10 Å². The fourth-order valence-electron chi connectivity index (χ4n) is 2.98. The molecule has 1 fully saturated rings. The molecule has 0 unspecified atom stereocenters. The van der Waals surface area contributed by atoms with Gasteiger partial charge in [0.25, 0.3) is 5.91 Å². The van der Waals surface area contributed by atoms with Crippen molar-refractivity contribution in [2.75, 3.05) is 11.9 Å². The standard InChI is InChI=1S/C21H25NO3/c1-2-16-7-11-18(12-8-16)24-15-21(23)22-17-9-13-20(14-10-17)25-19-5-3-4-6-19/h7-14,19H,2-6,15H2,1H3,(H,22,23). The lowest BCUT2D eigenvalue weighted by Gasteiger charge is -2.13. The Hall–Kier alpha value is -2.49. The summed E-state index contributed by atoms with van der Waals surface area (Å²) in [4.78, 5) is 12.0. The minimum Gasteiger partial charge on any atom is -0.490 e. The normalized spacial score (nSPS) is 14.3. The smallest absolute Gasteiger partial charge is 0.262 e. The summed E-state index contributed by atoms with van der Waals surface area (Å²) in [6.07, 6.45) is 6.10. The third-order valence-corrected chi connectivity index (χ3v) is 4.44. The maximum absolute atomic E-state index is 12.0. The second-order valence-electron chi connectivity index (χ2n) is 6.38. The Bertz CT molecular complexity index is 673. The Morgan fingerprint density at radius 3 is 2.28 bits per heavy atom. The molecule has 4 heteroatoms. The van der Waals surface area contributed by atoms with Crippen LogP contribution in [-0.2, 0) is 11.2 Å². The molecule has 0 atom stereocenters. The maximum atomic E-state index is 12.0. The molecular formula is C21H25NO3. The van der Waals surface area contributed by atoms with Crippen LogP contribution in [0.25, 0.3) is 0 Å².